The lowest BCUT2D eigenvalue weighted by atomic mass is 10.0. The Morgan fingerprint density at radius 2 is 1.10 bits per heavy atom. The number of aliphatic hydroxyl groups excluding tert-OH is 2. The fourth-order valence-corrected chi connectivity index (χ4v) is 5.60. The zero-order valence-corrected chi connectivity index (χ0v) is 32.0. The molecule has 0 bridgehead atoms. The van der Waals surface area contributed by atoms with Gasteiger partial charge in [-0.25, -0.2) is 4.57 Å². The molecule has 3 atom stereocenters. The van der Waals surface area contributed by atoms with Gasteiger partial charge in [0.2, 0.25) is 0 Å². The number of hydrogen-bond acceptors (Lipinski definition) is 9. The van der Waals surface area contributed by atoms with Crippen molar-refractivity contribution in [3.63, 3.8) is 0 Å². The molecule has 0 fully saturated rings. The molecule has 0 aromatic carbocycles. The monoisotopic (exact) mass is 728 g/mol. The van der Waals surface area contributed by atoms with Gasteiger partial charge in [0.15, 0.2) is 6.10 Å². The van der Waals surface area contributed by atoms with Crippen molar-refractivity contribution in [2.24, 2.45) is 0 Å². The minimum absolute atomic E-state index is 0.176. The van der Waals surface area contributed by atoms with Crippen LogP contribution in [0.3, 0.4) is 0 Å². The molecule has 0 saturated carbocycles. The number of phosphoric acid groups is 1. The third-order valence-electron chi connectivity index (χ3n) is 7.75. The number of carbonyl (C=O) groups excluding carboxylic acids is 2. The van der Waals surface area contributed by atoms with Gasteiger partial charge in [-0.3, -0.25) is 18.6 Å². The summed E-state index contributed by atoms with van der Waals surface area (Å²) in [5, 5.41) is 18.3. The van der Waals surface area contributed by atoms with Gasteiger partial charge in [-0.15, -0.1) is 0 Å². The van der Waals surface area contributed by atoms with Crippen molar-refractivity contribution in [1.82, 2.24) is 0 Å². The number of ether oxygens (including phenoxy) is 2. The Labute approximate surface area is 303 Å². The highest BCUT2D eigenvalue weighted by molar-refractivity contribution is 7.47. The van der Waals surface area contributed by atoms with Crippen LogP contribution in [0.15, 0.2) is 48.6 Å². The van der Waals surface area contributed by atoms with Gasteiger partial charge < -0.3 is 24.6 Å². The van der Waals surface area contributed by atoms with Gasteiger partial charge >= 0.3 is 19.8 Å². The molecule has 0 rings (SSSR count). The van der Waals surface area contributed by atoms with Crippen molar-refractivity contribution >= 4 is 19.8 Å². The fourth-order valence-electron chi connectivity index (χ4n) is 4.81. The molecule has 0 aliphatic heterocycles. The van der Waals surface area contributed by atoms with Crippen LogP contribution in [-0.4, -0.2) is 65.7 Å². The molecule has 1 unspecified atom stereocenters. The third-order valence-corrected chi connectivity index (χ3v) is 8.70. The molecule has 3 N–H and O–H groups in total. The average molecular weight is 729 g/mol. The summed E-state index contributed by atoms with van der Waals surface area (Å²) < 4.78 is 32.5. The van der Waals surface area contributed by atoms with Crippen molar-refractivity contribution in [3.8, 4) is 0 Å². The van der Waals surface area contributed by atoms with E-state index in [1.54, 1.807) is 0 Å². The van der Waals surface area contributed by atoms with Gasteiger partial charge in [0.05, 0.1) is 19.8 Å². The van der Waals surface area contributed by atoms with Crippen molar-refractivity contribution in [2.45, 2.75) is 161 Å². The van der Waals surface area contributed by atoms with Crippen LogP contribution in [0.1, 0.15) is 149 Å². The Balaban J connectivity index is 4.44. The molecule has 0 radical (unpaired) electrons. The van der Waals surface area contributed by atoms with Gasteiger partial charge in [-0.2, -0.15) is 0 Å². The number of aliphatic hydroxyl groups is 2. The zero-order chi connectivity index (χ0) is 37.0. The summed E-state index contributed by atoms with van der Waals surface area (Å²) in [6, 6.07) is 0. The van der Waals surface area contributed by atoms with E-state index in [4.69, 9.17) is 19.1 Å². The first-order valence-electron chi connectivity index (χ1n) is 19.1. The molecule has 0 saturated heterocycles. The molecular weight excluding hydrogens is 659 g/mol. The van der Waals surface area contributed by atoms with E-state index in [0.717, 1.165) is 57.8 Å². The number of phosphoric ester groups is 1. The topological polar surface area (TPSA) is 149 Å². The van der Waals surface area contributed by atoms with Crippen molar-refractivity contribution < 1.29 is 47.8 Å². The number of esters is 2. The quantitative estimate of drug-likeness (QED) is 0.0249. The maximum absolute atomic E-state index is 12.5. The van der Waals surface area contributed by atoms with Crippen LogP contribution in [0.4, 0.5) is 0 Å². The predicted molar refractivity (Wildman–Crippen MR) is 201 cm³/mol. The van der Waals surface area contributed by atoms with E-state index in [1.165, 1.54) is 51.4 Å². The van der Waals surface area contributed by atoms with Crippen molar-refractivity contribution in [3.05, 3.63) is 48.6 Å². The van der Waals surface area contributed by atoms with Crippen LogP contribution in [0, 0.1) is 0 Å². The van der Waals surface area contributed by atoms with E-state index in [9.17, 15) is 24.2 Å². The number of carbonyl (C=O) groups is 2. The molecule has 10 nitrogen and oxygen atoms in total. The van der Waals surface area contributed by atoms with Crippen molar-refractivity contribution in [1.29, 1.82) is 0 Å². The van der Waals surface area contributed by atoms with E-state index in [-0.39, 0.29) is 19.4 Å². The average Bonchev–Trinajstić information content (AvgIpc) is 3.10. The highest BCUT2D eigenvalue weighted by atomic mass is 31.2. The van der Waals surface area contributed by atoms with Gasteiger partial charge in [0.1, 0.15) is 12.7 Å². The summed E-state index contributed by atoms with van der Waals surface area (Å²) in [5.41, 5.74) is 0. The van der Waals surface area contributed by atoms with E-state index in [1.807, 2.05) is 0 Å². The van der Waals surface area contributed by atoms with Gasteiger partial charge in [-0.05, 0) is 51.4 Å². The highest BCUT2D eigenvalue weighted by Crippen LogP contribution is 2.43. The summed E-state index contributed by atoms with van der Waals surface area (Å²) in [6.07, 6.45) is 35.1. The van der Waals surface area contributed by atoms with E-state index in [2.05, 4.69) is 67.0 Å². The maximum Gasteiger partial charge on any atom is 0.472 e. The molecule has 0 aromatic heterocycles. The number of rotatable bonds is 35. The molecular formula is C39H69O10P. The summed E-state index contributed by atoms with van der Waals surface area (Å²) in [4.78, 5) is 34.8. The van der Waals surface area contributed by atoms with E-state index < -0.39 is 51.8 Å². The first-order chi connectivity index (χ1) is 24.2. The molecule has 0 amide bonds. The fraction of sp³-hybridized carbons (Fsp3) is 0.744. The molecule has 0 aromatic rings. The molecule has 50 heavy (non-hydrogen) atoms. The Kier molecular flexibility index (Phi) is 33.9. The van der Waals surface area contributed by atoms with Crippen molar-refractivity contribution in [2.75, 3.05) is 26.4 Å². The minimum Gasteiger partial charge on any atom is -0.462 e. The van der Waals surface area contributed by atoms with Gasteiger partial charge in [0.25, 0.3) is 0 Å². The second kappa shape index (κ2) is 35.3. The first kappa shape index (κ1) is 47.9. The SMILES string of the molecule is CC/C=C\C/C=C\C/C=C\C/C=C\CCCCC(=O)OC[C@H](COP(=O)(O)OC[C@@H](O)CO)OC(=O)CCCCCCCCCCCCCC. The zero-order valence-electron chi connectivity index (χ0n) is 31.1. The summed E-state index contributed by atoms with van der Waals surface area (Å²) >= 11 is 0. The normalized spacial score (nSPS) is 14.6. The van der Waals surface area contributed by atoms with Crippen LogP contribution in [-0.2, 0) is 32.7 Å². The molecule has 0 spiro atoms. The maximum atomic E-state index is 12.5. The van der Waals surface area contributed by atoms with Gasteiger partial charge in [0, 0.05) is 12.8 Å². The largest absolute Gasteiger partial charge is 0.472 e. The second-order valence-corrected chi connectivity index (χ2v) is 14.0. The van der Waals surface area contributed by atoms with Crippen LogP contribution >= 0.6 is 7.82 Å². The Bertz CT molecular complexity index is 978. The van der Waals surface area contributed by atoms with Crippen LogP contribution in [0.5, 0.6) is 0 Å². The Morgan fingerprint density at radius 3 is 1.66 bits per heavy atom. The van der Waals surface area contributed by atoms with Crippen LogP contribution in [0.25, 0.3) is 0 Å². The Hall–Kier alpha value is -2.07. The number of hydrogen-bond donors (Lipinski definition) is 3. The Morgan fingerprint density at radius 1 is 0.620 bits per heavy atom. The predicted octanol–water partition coefficient (Wildman–Crippen LogP) is 9.38. The lowest BCUT2D eigenvalue weighted by molar-refractivity contribution is -0.161. The molecule has 0 heterocycles. The van der Waals surface area contributed by atoms with Crippen LogP contribution in [0.2, 0.25) is 0 Å². The second-order valence-electron chi connectivity index (χ2n) is 12.6. The molecule has 0 aliphatic rings. The smallest absolute Gasteiger partial charge is 0.462 e. The van der Waals surface area contributed by atoms with Crippen LogP contribution < -0.4 is 0 Å². The molecule has 11 heteroatoms. The third kappa shape index (κ3) is 34.4. The summed E-state index contributed by atoms with van der Waals surface area (Å²) in [7, 11) is -4.62. The summed E-state index contributed by atoms with van der Waals surface area (Å²) in [5.74, 6) is -0.976. The lowest BCUT2D eigenvalue weighted by Crippen LogP contribution is -2.29. The minimum atomic E-state index is -4.62. The molecule has 0 aliphatic carbocycles. The number of allylic oxidation sites excluding steroid dienone is 8. The first-order valence-corrected chi connectivity index (χ1v) is 20.6. The molecule has 290 valence electrons. The summed E-state index contributed by atoms with van der Waals surface area (Å²) in [6.45, 7) is 2.19. The standard InChI is InChI=1S/C39H69O10P/c1-3-5-7-9-11-13-15-17-18-19-21-22-24-26-28-30-38(42)46-34-37(35-48-50(44,45)47-33-36(41)32-40)49-39(43)31-29-27-25-23-20-16-14-12-10-8-6-4-2/h5,7,11,13,17-18,21-22,36-37,40-41H,3-4,6,8-10,12,14-16,19-20,23-35H2,1-2H3,(H,44,45)/b7-5-,13-11-,18-17-,22-21-/t36-,37+/m0/s1. The van der Waals surface area contributed by atoms with E-state index in [0.29, 0.717) is 12.8 Å². The van der Waals surface area contributed by atoms with E-state index >= 15 is 0 Å². The number of unbranched alkanes of at least 4 members (excludes halogenated alkanes) is 13. The lowest BCUT2D eigenvalue weighted by Gasteiger charge is -2.20. The highest BCUT2D eigenvalue weighted by Gasteiger charge is 2.27. The van der Waals surface area contributed by atoms with Gasteiger partial charge in [-0.1, -0.05) is 133 Å².